The standard InChI is InChI=1S/C4H4O/c1-4-2-3-5-4/h4H,1H3. The van der Waals surface area contributed by atoms with Gasteiger partial charge in [-0.1, -0.05) is 0 Å². The van der Waals surface area contributed by atoms with Crippen molar-refractivity contribution in [2.45, 2.75) is 13.0 Å². The van der Waals surface area contributed by atoms with Crippen molar-refractivity contribution in [1.82, 2.24) is 0 Å². The van der Waals surface area contributed by atoms with E-state index < -0.39 is 0 Å². The highest BCUT2D eigenvalue weighted by atomic mass is 16.5. The lowest BCUT2D eigenvalue weighted by Crippen LogP contribution is -2.07. The Labute approximate surface area is 30.9 Å². The lowest BCUT2D eigenvalue weighted by Gasteiger charge is -2.04. The van der Waals surface area contributed by atoms with Gasteiger partial charge in [-0.15, -0.1) is 0 Å². The van der Waals surface area contributed by atoms with E-state index in [9.17, 15) is 0 Å². The van der Waals surface area contributed by atoms with Crippen LogP contribution in [0.3, 0.4) is 0 Å². The Bertz CT molecular complexity index is 85.6. The van der Waals surface area contributed by atoms with E-state index in [4.69, 9.17) is 0 Å². The molecule has 0 aliphatic carbocycles. The first-order chi connectivity index (χ1) is 2.39. The number of hydrogen-bond acceptors (Lipinski definition) is 1. The average Bonchev–Trinajstić information content (AvgIpc) is 1.30. The number of ether oxygens (including phenoxy) is 1. The van der Waals surface area contributed by atoms with Gasteiger partial charge in [0, 0.05) is 0 Å². The minimum Gasteiger partial charge on any atom is -0.430 e. The Balaban J connectivity index is 2.52. The van der Waals surface area contributed by atoms with Crippen LogP contribution in [-0.4, -0.2) is 6.10 Å². The molecule has 0 N–H and O–H groups in total. The summed E-state index contributed by atoms with van der Waals surface area (Å²) in [5.41, 5.74) is 0. The summed E-state index contributed by atoms with van der Waals surface area (Å²) in [5.74, 6) is 2.74. The first-order valence-electron chi connectivity index (χ1n) is 1.56. The van der Waals surface area contributed by atoms with Gasteiger partial charge in [-0.25, -0.2) is 0 Å². The van der Waals surface area contributed by atoms with Gasteiger partial charge in [0.15, 0.2) is 6.10 Å². The first-order valence-corrected chi connectivity index (χ1v) is 1.56. The molecule has 0 saturated carbocycles. The van der Waals surface area contributed by atoms with Crippen molar-refractivity contribution in [2.75, 3.05) is 0 Å². The lowest BCUT2D eigenvalue weighted by molar-refractivity contribution is 0.206. The zero-order chi connectivity index (χ0) is 3.70. The molecular formula is C4H4O. The average molecular weight is 68.1 g/mol. The zero-order valence-corrected chi connectivity index (χ0v) is 2.99. The number of rotatable bonds is 0. The molecule has 0 aromatic heterocycles. The molecule has 1 aliphatic heterocycles. The molecule has 26 valence electrons. The summed E-state index contributed by atoms with van der Waals surface area (Å²) in [6.07, 6.45) is 2.61. The van der Waals surface area contributed by atoms with Crippen LogP contribution in [0, 0.1) is 12.0 Å². The Morgan fingerprint density at radius 3 is 2.20 bits per heavy atom. The van der Waals surface area contributed by atoms with Gasteiger partial charge in [-0.05, 0) is 12.8 Å². The van der Waals surface area contributed by atoms with Crippen molar-refractivity contribution in [1.29, 1.82) is 0 Å². The molecule has 1 heteroatoms. The van der Waals surface area contributed by atoms with Gasteiger partial charge in [-0.2, -0.15) is 0 Å². The van der Waals surface area contributed by atoms with E-state index in [2.05, 4.69) is 16.8 Å². The quantitative estimate of drug-likeness (QED) is 0.372. The van der Waals surface area contributed by atoms with Crippen LogP contribution in [-0.2, 0) is 4.74 Å². The van der Waals surface area contributed by atoms with E-state index in [0.717, 1.165) is 0 Å². The predicted octanol–water partition coefficient (Wildman–Crippen LogP) is 0.366. The molecule has 1 unspecified atom stereocenters. The van der Waals surface area contributed by atoms with E-state index in [-0.39, 0.29) is 6.10 Å². The van der Waals surface area contributed by atoms with Gasteiger partial charge in [0.05, 0.1) is 0 Å². The fourth-order valence-corrected chi connectivity index (χ4v) is 0.177. The molecule has 1 rings (SSSR count). The maximum Gasteiger partial charge on any atom is 0.171 e. The molecule has 0 spiro atoms. The van der Waals surface area contributed by atoms with E-state index in [1.165, 1.54) is 0 Å². The third-order valence-electron chi connectivity index (χ3n) is 0.498. The largest absolute Gasteiger partial charge is 0.430 e. The normalized spacial score (nSPS) is 28.6. The van der Waals surface area contributed by atoms with Crippen molar-refractivity contribution >= 4 is 0 Å². The van der Waals surface area contributed by atoms with Crippen molar-refractivity contribution in [2.24, 2.45) is 0 Å². The molecule has 0 radical (unpaired) electrons. The molecule has 1 atom stereocenters. The monoisotopic (exact) mass is 68.0 g/mol. The Morgan fingerprint density at radius 2 is 2.20 bits per heavy atom. The Kier molecular flexibility index (Phi) is 0.337. The zero-order valence-electron chi connectivity index (χ0n) is 2.99. The summed E-state index contributed by atoms with van der Waals surface area (Å²) in [5, 5.41) is 0. The van der Waals surface area contributed by atoms with Crippen LogP contribution in [0.1, 0.15) is 6.92 Å². The van der Waals surface area contributed by atoms with E-state index in [1.54, 1.807) is 0 Å². The van der Waals surface area contributed by atoms with Crippen LogP contribution in [0.4, 0.5) is 0 Å². The summed E-state index contributed by atoms with van der Waals surface area (Å²) in [6.45, 7) is 1.91. The molecule has 0 aromatic rings. The molecular weight excluding hydrogens is 64.0 g/mol. The van der Waals surface area contributed by atoms with Gasteiger partial charge >= 0.3 is 0 Å². The highest BCUT2D eigenvalue weighted by molar-refractivity contribution is 5.07. The smallest absolute Gasteiger partial charge is 0.171 e. The highest BCUT2D eigenvalue weighted by Crippen LogP contribution is 1.92. The van der Waals surface area contributed by atoms with Crippen molar-refractivity contribution in [3.05, 3.63) is 0 Å². The molecule has 0 bridgehead atoms. The molecule has 0 aromatic carbocycles. The molecule has 5 heavy (non-hydrogen) atoms. The second-order valence-corrected chi connectivity index (χ2v) is 1.01. The first kappa shape index (κ1) is 2.59. The molecule has 1 aliphatic rings. The summed E-state index contributed by atoms with van der Waals surface area (Å²) in [4.78, 5) is 0. The minimum atomic E-state index is 0.204. The number of hydrogen-bond donors (Lipinski definition) is 0. The molecule has 0 fully saturated rings. The van der Waals surface area contributed by atoms with Gasteiger partial charge in [0.25, 0.3) is 0 Å². The summed E-state index contributed by atoms with van der Waals surface area (Å²) in [7, 11) is 0. The molecule has 1 heterocycles. The predicted molar refractivity (Wildman–Crippen MR) is 18.3 cm³/mol. The van der Waals surface area contributed by atoms with Crippen LogP contribution in [0.25, 0.3) is 0 Å². The Hall–Kier alpha value is -0.640. The summed E-state index contributed by atoms with van der Waals surface area (Å²) >= 11 is 0. The third-order valence-corrected chi connectivity index (χ3v) is 0.498. The third kappa shape index (κ3) is 0.216. The highest BCUT2D eigenvalue weighted by Gasteiger charge is 1.98. The maximum absolute atomic E-state index is 4.57. The summed E-state index contributed by atoms with van der Waals surface area (Å²) < 4.78 is 4.57. The second-order valence-electron chi connectivity index (χ2n) is 1.01. The van der Waals surface area contributed by atoms with Crippen LogP contribution in [0.15, 0.2) is 0 Å². The molecule has 0 saturated heterocycles. The second kappa shape index (κ2) is 0.651. The SMILES string of the molecule is CC1C#CO1. The van der Waals surface area contributed by atoms with Crippen molar-refractivity contribution in [3.8, 4) is 12.0 Å². The van der Waals surface area contributed by atoms with Gasteiger partial charge in [0.2, 0.25) is 0 Å². The fraction of sp³-hybridized carbons (Fsp3) is 0.500. The minimum absolute atomic E-state index is 0.204. The van der Waals surface area contributed by atoms with Gasteiger partial charge in [-0.3, -0.25) is 0 Å². The topological polar surface area (TPSA) is 9.23 Å². The van der Waals surface area contributed by atoms with E-state index in [1.807, 2.05) is 6.92 Å². The van der Waals surface area contributed by atoms with Gasteiger partial charge < -0.3 is 4.74 Å². The Morgan fingerprint density at radius 1 is 1.80 bits per heavy atom. The van der Waals surface area contributed by atoms with Crippen LogP contribution < -0.4 is 0 Å². The molecule has 0 amide bonds. The van der Waals surface area contributed by atoms with Crippen molar-refractivity contribution < 1.29 is 4.74 Å². The van der Waals surface area contributed by atoms with Crippen LogP contribution >= 0.6 is 0 Å². The maximum atomic E-state index is 4.57. The van der Waals surface area contributed by atoms with Crippen LogP contribution in [0.2, 0.25) is 0 Å². The fourth-order valence-electron chi connectivity index (χ4n) is 0.177. The van der Waals surface area contributed by atoms with E-state index >= 15 is 0 Å². The lowest BCUT2D eigenvalue weighted by atomic mass is 10.4. The summed E-state index contributed by atoms with van der Waals surface area (Å²) in [6, 6.07) is 0. The molecule has 1 nitrogen and oxygen atoms in total. The van der Waals surface area contributed by atoms with Gasteiger partial charge in [0.1, 0.15) is 6.11 Å². The van der Waals surface area contributed by atoms with Crippen molar-refractivity contribution in [3.63, 3.8) is 0 Å². The van der Waals surface area contributed by atoms with Crippen LogP contribution in [0.5, 0.6) is 0 Å². The van der Waals surface area contributed by atoms with E-state index in [0.29, 0.717) is 0 Å².